The van der Waals surface area contributed by atoms with Crippen molar-refractivity contribution in [2.75, 3.05) is 49.5 Å². The lowest BCUT2D eigenvalue weighted by Crippen LogP contribution is -2.41. The smallest absolute Gasteiger partial charge is 0.257 e. The SMILES string of the molecule is CCN(CC)CCOc1cccc2c1CCN(CC(=O)N1c3ccccc3C(=O)Nc3cccnc31)C2. The van der Waals surface area contributed by atoms with Gasteiger partial charge in [0.2, 0.25) is 5.91 Å². The van der Waals surface area contributed by atoms with Gasteiger partial charge in [0.15, 0.2) is 5.82 Å². The molecule has 0 aliphatic carbocycles. The van der Waals surface area contributed by atoms with Gasteiger partial charge in [-0.1, -0.05) is 38.1 Å². The number of benzene rings is 2. The van der Waals surface area contributed by atoms with Gasteiger partial charge in [-0.2, -0.15) is 0 Å². The first-order valence-electron chi connectivity index (χ1n) is 13.0. The minimum absolute atomic E-state index is 0.126. The van der Waals surface area contributed by atoms with E-state index < -0.39 is 0 Å². The Morgan fingerprint density at radius 3 is 2.76 bits per heavy atom. The van der Waals surface area contributed by atoms with Crippen LogP contribution in [-0.2, 0) is 17.8 Å². The van der Waals surface area contributed by atoms with Crippen LogP contribution in [0, 0.1) is 0 Å². The Morgan fingerprint density at radius 2 is 1.92 bits per heavy atom. The lowest BCUT2D eigenvalue weighted by molar-refractivity contribution is -0.119. The summed E-state index contributed by atoms with van der Waals surface area (Å²) in [4.78, 5) is 37.1. The average Bonchev–Trinajstić information content (AvgIpc) is 3.05. The van der Waals surface area contributed by atoms with Crippen molar-refractivity contribution in [3.05, 3.63) is 77.5 Å². The summed E-state index contributed by atoms with van der Waals surface area (Å²) in [5.41, 5.74) is 3.93. The second-order valence-corrected chi connectivity index (χ2v) is 9.30. The minimum Gasteiger partial charge on any atom is -0.492 e. The Kier molecular flexibility index (Phi) is 7.48. The van der Waals surface area contributed by atoms with Crippen LogP contribution < -0.4 is 15.0 Å². The topological polar surface area (TPSA) is 78.0 Å². The Labute approximate surface area is 217 Å². The molecule has 192 valence electrons. The minimum atomic E-state index is -0.249. The van der Waals surface area contributed by atoms with Crippen molar-refractivity contribution < 1.29 is 14.3 Å². The summed E-state index contributed by atoms with van der Waals surface area (Å²) in [5.74, 6) is 1.01. The van der Waals surface area contributed by atoms with Gasteiger partial charge in [-0.25, -0.2) is 4.98 Å². The summed E-state index contributed by atoms with van der Waals surface area (Å²) < 4.78 is 6.17. The predicted molar refractivity (Wildman–Crippen MR) is 144 cm³/mol. The van der Waals surface area contributed by atoms with E-state index in [0.29, 0.717) is 35.9 Å². The maximum absolute atomic E-state index is 13.8. The monoisotopic (exact) mass is 499 g/mol. The molecule has 0 saturated heterocycles. The Morgan fingerprint density at radius 1 is 1.08 bits per heavy atom. The molecule has 0 fully saturated rings. The Balaban J connectivity index is 1.33. The quantitative estimate of drug-likeness (QED) is 0.503. The second-order valence-electron chi connectivity index (χ2n) is 9.30. The Hall–Kier alpha value is -3.75. The van der Waals surface area contributed by atoms with Crippen molar-refractivity contribution in [1.29, 1.82) is 0 Å². The van der Waals surface area contributed by atoms with Gasteiger partial charge < -0.3 is 15.0 Å². The Bertz CT molecular complexity index is 1290. The van der Waals surface area contributed by atoms with Crippen LogP contribution in [-0.4, -0.2) is 65.9 Å². The summed E-state index contributed by atoms with van der Waals surface area (Å²) in [5, 5.41) is 2.89. The van der Waals surface area contributed by atoms with Crippen LogP contribution in [0.25, 0.3) is 0 Å². The third-order valence-electron chi connectivity index (χ3n) is 7.11. The number of carbonyl (C=O) groups is 2. The van der Waals surface area contributed by atoms with Gasteiger partial charge in [0, 0.05) is 25.8 Å². The van der Waals surface area contributed by atoms with Crippen LogP contribution in [0.4, 0.5) is 17.2 Å². The molecule has 2 aliphatic heterocycles. The molecule has 0 saturated carbocycles. The predicted octanol–water partition coefficient (Wildman–Crippen LogP) is 4.09. The highest BCUT2D eigenvalue weighted by atomic mass is 16.5. The molecule has 3 aromatic rings. The maximum Gasteiger partial charge on any atom is 0.257 e. The molecular formula is C29H33N5O3. The summed E-state index contributed by atoms with van der Waals surface area (Å²) in [6.07, 6.45) is 2.45. The number of hydrogen-bond donors (Lipinski definition) is 1. The number of rotatable bonds is 8. The van der Waals surface area contributed by atoms with Crippen LogP contribution in [0.3, 0.4) is 0 Å². The molecule has 0 atom stereocenters. The van der Waals surface area contributed by atoms with Gasteiger partial charge in [-0.15, -0.1) is 0 Å². The number of pyridine rings is 1. The fourth-order valence-corrected chi connectivity index (χ4v) is 5.08. The molecular weight excluding hydrogens is 466 g/mol. The van der Waals surface area contributed by atoms with E-state index in [1.54, 1.807) is 41.4 Å². The number of nitrogens with one attached hydrogen (secondary N) is 1. The normalized spacial score (nSPS) is 14.9. The lowest BCUT2D eigenvalue weighted by Gasteiger charge is -2.31. The van der Waals surface area contributed by atoms with Crippen LogP contribution >= 0.6 is 0 Å². The molecule has 1 aromatic heterocycles. The van der Waals surface area contributed by atoms with Gasteiger partial charge in [0.1, 0.15) is 12.4 Å². The number of amides is 2. The van der Waals surface area contributed by atoms with Crippen molar-refractivity contribution in [2.24, 2.45) is 0 Å². The van der Waals surface area contributed by atoms with Crippen molar-refractivity contribution in [1.82, 2.24) is 14.8 Å². The second kappa shape index (κ2) is 11.1. The number of hydrogen-bond acceptors (Lipinski definition) is 6. The number of para-hydroxylation sites is 1. The number of anilines is 3. The first kappa shape index (κ1) is 24.9. The van der Waals surface area contributed by atoms with E-state index in [1.165, 1.54) is 11.1 Å². The molecule has 5 rings (SSSR count). The van der Waals surface area contributed by atoms with E-state index in [-0.39, 0.29) is 18.4 Å². The van der Waals surface area contributed by atoms with E-state index >= 15 is 0 Å². The first-order valence-corrected chi connectivity index (χ1v) is 13.0. The highest BCUT2D eigenvalue weighted by Crippen LogP contribution is 2.36. The number of carbonyl (C=O) groups excluding carboxylic acids is 2. The number of fused-ring (bicyclic) bond motifs is 3. The molecule has 0 bridgehead atoms. The van der Waals surface area contributed by atoms with E-state index in [4.69, 9.17) is 4.74 Å². The van der Waals surface area contributed by atoms with E-state index in [9.17, 15) is 9.59 Å². The third-order valence-corrected chi connectivity index (χ3v) is 7.11. The molecule has 2 aliphatic rings. The first-order chi connectivity index (χ1) is 18.1. The van der Waals surface area contributed by atoms with Crippen molar-refractivity contribution >= 4 is 29.0 Å². The zero-order valence-corrected chi connectivity index (χ0v) is 21.4. The number of aromatic nitrogens is 1. The van der Waals surface area contributed by atoms with Gasteiger partial charge in [-0.3, -0.25) is 19.4 Å². The van der Waals surface area contributed by atoms with Crippen LogP contribution in [0.2, 0.25) is 0 Å². The fourth-order valence-electron chi connectivity index (χ4n) is 5.08. The number of likely N-dealkylation sites (N-methyl/N-ethyl adjacent to an activating group) is 1. The third kappa shape index (κ3) is 5.21. The van der Waals surface area contributed by atoms with E-state index in [0.717, 1.165) is 38.3 Å². The molecule has 2 amide bonds. The zero-order valence-electron chi connectivity index (χ0n) is 21.4. The van der Waals surface area contributed by atoms with Crippen molar-refractivity contribution in [3.8, 4) is 5.75 Å². The molecule has 0 unspecified atom stereocenters. The largest absolute Gasteiger partial charge is 0.492 e. The molecule has 2 aromatic carbocycles. The van der Waals surface area contributed by atoms with Crippen LogP contribution in [0.15, 0.2) is 60.8 Å². The molecule has 8 nitrogen and oxygen atoms in total. The van der Waals surface area contributed by atoms with Gasteiger partial charge in [-0.05, 0) is 61.0 Å². The highest BCUT2D eigenvalue weighted by Gasteiger charge is 2.31. The average molecular weight is 500 g/mol. The summed E-state index contributed by atoms with van der Waals surface area (Å²) in [6.45, 7) is 9.55. The molecule has 8 heteroatoms. The van der Waals surface area contributed by atoms with Crippen LogP contribution in [0.5, 0.6) is 5.75 Å². The standard InChI is InChI=1S/C29H33N5O3/c1-3-32(4-2)17-18-37-26-13-7-9-21-19-33(16-14-22(21)26)20-27(35)34-25-12-6-5-10-23(25)29(36)31-24-11-8-15-30-28(24)34/h5-13,15H,3-4,14,16-20H2,1-2H3,(H,31,36). The molecule has 0 spiro atoms. The number of nitrogens with zero attached hydrogens (tertiary/aromatic N) is 4. The summed E-state index contributed by atoms with van der Waals surface area (Å²) in [7, 11) is 0. The van der Waals surface area contributed by atoms with E-state index in [1.807, 2.05) is 18.2 Å². The van der Waals surface area contributed by atoms with Crippen molar-refractivity contribution in [2.45, 2.75) is 26.8 Å². The molecule has 1 N–H and O–H groups in total. The lowest BCUT2D eigenvalue weighted by atomic mass is 9.98. The maximum atomic E-state index is 13.8. The summed E-state index contributed by atoms with van der Waals surface area (Å²) >= 11 is 0. The van der Waals surface area contributed by atoms with Gasteiger partial charge in [0.05, 0.1) is 23.5 Å². The molecule has 37 heavy (non-hydrogen) atoms. The van der Waals surface area contributed by atoms with Gasteiger partial charge >= 0.3 is 0 Å². The fraction of sp³-hybridized carbons (Fsp3) is 0.345. The number of ether oxygens (including phenoxy) is 1. The highest BCUT2D eigenvalue weighted by molar-refractivity contribution is 6.17. The molecule has 3 heterocycles. The van der Waals surface area contributed by atoms with Crippen LogP contribution in [0.1, 0.15) is 35.3 Å². The van der Waals surface area contributed by atoms with Crippen molar-refractivity contribution in [3.63, 3.8) is 0 Å². The zero-order chi connectivity index (χ0) is 25.8. The van der Waals surface area contributed by atoms with E-state index in [2.05, 4.69) is 40.0 Å². The van der Waals surface area contributed by atoms with Gasteiger partial charge in [0.25, 0.3) is 5.91 Å². The molecule has 0 radical (unpaired) electrons. The summed E-state index contributed by atoms with van der Waals surface area (Å²) in [6, 6.07) is 16.9.